The van der Waals surface area contributed by atoms with Crippen molar-refractivity contribution < 1.29 is 41.4 Å². The standard InChI is InChI=1S/C19H26F3O6P/c1-14(12-23)8-7-11-29(25,27-13-26-17(24)18(2,3)4)28-16-10-6-5-9-15(16)19(20,21)22/h5-6,8-10,23H,7,11-13H2,1-4H3/b14-8+. The topological polar surface area (TPSA) is 82.1 Å². The first kappa shape index (κ1) is 25.2. The summed E-state index contributed by atoms with van der Waals surface area (Å²) < 4.78 is 67.8. The van der Waals surface area contributed by atoms with Gasteiger partial charge in [0.2, 0.25) is 6.79 Å². The number of allylic oxidation sites excluding steroid dienone is 1. The summed E-state index contributed by atoms with van der Waals surface area (Å²) in [5.74, 6) is -1.27. The molecule has 1 N–H and O–H groups in total. The zero-order chi connectivity index (χ0) is 22.3. The Kier molecular flexibility index (Phi) is 8.93. The van der Waals surface area contributed by atoms with Gasteiger partial charge in [0.05, 0.1) is 23.7 Å². The largest absolute Gasteiger partial charge is 0.438 e. The van der Waals surface area contributed by atoms with Crippen molar-refractivity contribution in [3.8, 4) is 5.75 Å². The molecule has 1 aromatic carbocycles. The van der Waals surface area contributed by atoms with Gasteiger partial charge in [0.15, 0.2) is 0 Å². The third-order valence-electron chi connectivity index (χ3n) is 3.63. The number of benzene rings is 1. The highest BCUT2D eigenvalue weighted by molar-refractivity contribution is 7.54. The molecule has 0 radical (unpaired) electrons. The number of carbonyl (C=O) groups excluding carboxylic acids is 1. The maximum absolute atomic E-state index is 13.2. The predicted molar refractivity (Wildman–Crippen MR) is 102 cm³/mol. The van der Waals surface area contributed by atoms with Gasteiger partial charge in [0, 0.05) is 0 Å². The number of alkyl halides is 3. The molecule has 0 heterocycles. The molecule has 0 fully saturated rings. The number of para-hydroxylation sites is 1. The van der Waals surface area contributed by atoms with E-state index in [0.717, 1.165) is 12.1 Å². The van der Waals surface area contributed by atoms with Crippen LogP contribution in [0.3, 0.4) is 0 Å². The Morgan fingerprint density at radius 1 is 1.21 bits per heavy atom. The molecule has 29 heavy (non-hydrogen) atoms. The van der Waals surface area contributed by atoms with Crippen LogP contribution in [-0.4, -0.2) is 30.6 Å². The lowest BCUT2D eigenvalue weighted by atomic mass is 9.98. The van der Waals surface area contributed by atoms with Crippen molar-refractivity contribution >= 4 is 13.6 Å². The summed E-state index contributed by atoms with van der Waals surface area (Å²) in [4.78, 5) is 11.8. The maximum atomic E-state index is 13.2. The lowest BCUT2D eigenvalue weighted by Crippen LogP contribution is -2.24. The van der Waals surface area contributed by atoms with Crippen molar-refractivity contribution in [3.05, 3.63) is 41.5 Å². The second-order valence-electron chi connectivity index (χ2n) is 7.35. The number of hydrogen-bond acceptors (Lipinski definition) is 6. The lowest BCUT2D eigenvalue weighted by molar-refractivity contribution is -0.159. The number of halogens is 3. The molecule has 0 bridgehead atoms. The molecule has 1 aromatic rings. The number of ether oxygens (including phenoxy) is 1. The van der Waals surface area contributed by atoms with Crippen LogP contribution in [0, 0.1) is 5.41 Å². The molecule has 1 rings (SSSR count). The molecule has 0 aromatic heterocycles. The fraction of sp³-hybridized carbons (Fsp3) is 0.526. The molecule has 1 atom stereocenters. The van der Waals surface area contributed by atoms with Crippen molar-refractivity contribution in [1.82, 2.24) is 0 Å². The van der Waals surface area contributed by atoms with Gasteiger partial charge in [0.25, 0.3) is 0 Å². The molecule has 0 aliphatic rings. The Morgan fingerprint density at radius 3 is 2.38 bits per heavy atom. The van der Waals surface area contributed by atoms with Crippen LogP contribution in [-0.2, 0) is 24.8 Å². The molecule has 0 saturated heterocycles. The number of esters is 1. The van der Waals surface area contributed by atoms with Gasteiger partial charge in [-0.25, -0.2) is 4.57 Å². The lowest BCUT2D eigenvalue weighted by Gasteiger charge is -2.22. The summed E-state index contributed by atoms with van der Waals surface area (Å²) in [6.07, 6.45) is -3.31. The Balaban J connectivity index is 3.02. The van der Waals surface area contributed by atoms with Crippen LogP contribution in [0.15, 0.2) is 35.9 Å². The van der Waals surface area contributed by atoms with E-state index < -0.39 is 43.3 Å². The fourth-order valence-electron chi connectivity index (χ4n) is 1.98. The van der Waals surface area contributed by atoms with Crippen LogP contribution < -0.4 is 4.52 Å². The fourth-order valence-corrected chi connectivity index (χ4v) is 3.37. The zero-order valence-corrected chi connectivity index (χ0v) is 17.7. The molecule has 164 valence electrons. The van der Waals surface area contributed by atoms with Crippen LogP contribution in [0.4, 0.5) is 13.2 Å². The van der Waals surface area contributed by atoms with E-state index in [1.54, 1.807) is 33.8 Å². The van der Waals surface area contributed by atoms with E-state index in [9.17, 15) is 22.5 Å². The monoisotopic (exact) mass is 438 g/mol. The molecule has 6 nitrogen and oxygen atoms in total. The Bertz CT molecular complexity index is 768. The first-order valence-electron chi connectivity index (χ1n) is 8.81. The number of hydrogen-bond donors (Lipinski definition) is 1. The minimum atomic E-state index is -4.71. The second kappa shape index (κ2) is 10.3. The number of rotatable bonds is 9. The minimum Gasteiger partial charge on any atom is -0.438 e. The van der Waals surface area contributed by atoms with E-state index in [4.69, 9.17) is 18.9 Å². The van der Waals surface area contributed by atoms with Crippen LogP contribution >= 0.6 is 7.60 Å². The molecule has 0 aliphatic heterocycles. The SMILES string of the molecule is C/C(=C\CCP(=O)(OCOC(=O)C(C)(C)C)Oc1ccccc1C(F)(F)F)CO. The van der Waals surface area contributed by atoms with E-state index in [0.29, 0.717) is 5.57 Å². The number of aliphatic hydroxyl groups excluding tert-OH is 1. The number of carbonyl (C=O) groups is 1. The average molecular weight is 438 g/mol. The molecule has 1 unspecified atom stereocenters. The van der Waals surface area contributed by atoms with Gasteiger partial charge in [-0.2, -0.15) is 13.2 Å². The average Bonchev–Trinajstić information content (AvgIpc) is 2.60. The second-order valence-corrected chi connectivity index (χ2v) is 9.46. The van der Waals surface area contributed by atoms with E-state index >= 15 is 0 Å². The highest BCUT2D eigenvalue weighted by Gasteiger charge is 2.37. The third kappa shape index (κ3) is 8.60. The van der Waals surface area contributed by atoms with Gasteiger partial charge < -0.3 is 14.4 Å². The van der Waals surface area contributed by atoms with E-state index in [1.165, 1.54) is 12.1 Å². The van der Waals surface area contributed by atoms with Gasteiger partial charge in [-0.15, -0.1) is 0 Å². The molecule has 0 saturated carbocycles. The van der Waals surface area contributed by atoms with Gasteiger partial charge in [0.1, 0.15) is 5.75 Å². The molecule has 10 heteroatoms. The molecule has 0 aliphatic carbocycles. The van der Waals surface area contributed by atoms with E-state index in [-0.39, 0.29) is 19.2 Å². The van der Waals surface area contributed by atoms with Crippen LogP contribution in [0.25, 0.3) is 0 Å². The minimum absolute atomic E-state index is 0.116. The zero-order valence-electron chi connectivity index (χ0n) is 16.8. The Labute approximate surface area is 168 Å². The molecule has 0 spiro atoms. The maximum Gasteiger partial charge on any atom is 0.419 e. The van der Waals surface area contributed by atoms with Crippen LogP contribution in [0.2, 0.25) is 0 Å². The molecule has 0 amide bonds. The predicted octanol–water partition coefficient (Wildman–Crippen LogP) is 5.17. The molecular weight excluding hydrogens is 412 g/mol. The third-order valence-corrected chi connectivity index (χ3v) is 5.41. The van der Waals surface area contributed by atoms with Crippen molar-refractivity contribution in [1.29, 1.82) is 0 Å². The van der Waals surface area contributed by atoms with Crippen molar-refractivity contribution in [2.45, 2.75) is 40.3 Å². The van der Waals surface area contributed by atoms with Gasteiger partial charge >= 0.3 is 19.7 Å². The summed E-state index contributed by atoms with van der Waals surface area (Å²) in [6, 6.07) is 4.33. The smallest absolute Gasteiger partial charge is 0.419 e. The summed E-state index contributed by atoms with van der Waals surface area (Å²) in [5, 5.41) is 9.02. The van der Waals surface area contributed by atoms with Crippen LogP contribution in [0.1, 0.15) is 39.7 Å². The summed E-state index contributed by atoms with van der Waals surface area (Å²) in [5.41, 5.74) is -1.35. The number of aliphatic hydroxyl groups is 1. The van der Waals surface area contributed by atoms with E-state index in [1.807, 2.05) is 0 Å². The van der Waals surface area contributed by atoms with Crippen molar-refractivity contribution in [3.63, 3.8) is 0 Å². The van der Waals surface area contributed by atoms with Crippen LogP contribution in [0.5, 0.6) is 5.75 Å². The Morgan fingerprint density at radius 2 is 1.83 bits per heavy atom. The quantitative estimate of drug-likeness (QED) is 0.248. The first-order valence-corrected chi connectivity index (χ1v) is 10.5. The summed E-state index contributed by atoms with van der Waals surface area (Å²) in [6.45, 7) is 5.50. The summed E-state index contributed by atoms with van der Waals surface area (Å²) in [7, 11) is -4.12. The van der Waals surface area contributed by atoms with Crippen molar-refractivity contribution in [2.24, 2.45) is 5.41 Å². The van der Waals surface area contributed by atoms with E-state index in [2.05, 4.69) is 0 Å². The first-order chi connectivity index (χ1) is 13.3. The van der Waals surface area contributed by atoms with Gasteiger partial charge in [-0.3, -0.25) is 9.32 Å². The highest BCUT2D eigenvalue weighted by Crippen LogP contribution is 2.51. The highest BCUT2D eigenvalue weighted by atomic mass is 31.2. The normalized spacial score (nSPS) is 15.0. The molecular formula is C19H26F3O6P. The van der Waals surface area contributed by atoms with Gasteiger partial charge in [-0.1, -0.05) is 23.8 Å². The summed E-state index contributed by atoms with van der Waals surface area (Å²) >= 11 is 0. The van der Waals surface area contributed by atoms with Crippen molar-refractivity contribution in [2.75, 3.05) is 19.6 Å². The Hall–Kier alpha value is -1.83. The van der Waals surface area contributed by atoms with Gasteiger partial charge in [-0.05, 0) is 46.2 Å².